The number of benzene rings is 2. The van der Waals surface area contributed by atoms with Crippen LogP contribution in [-0.4, -0.2) is 54.5 Å². The lowest BCUT2D eigenvalue weighted by atomic mass is 10.0. The highest BCUT2D eigenvalue weighted by Crippen LogP contribution is 2.38. The first-order chi connectivity index (χ1) is 17.3. The second kappa shape index (κ2) is 12.0. The van der Waals surface area contributed by atoms with Crippen LogP contribution in [0.5, 0.6) is 17.2 Å². The van der Waals surface area contributed by atoms with Crippen LogP contribution in [0.25, 0.3) is 0 Å². The molecule has 1 fully saturated rings. The summed E-state index contributed by atoms with van der Waals surface area (Å²) in [6.07, 6.45) is 1.63. The Balaban J connectivity index is 1.42. The fraction of sp³-hybridized carbons (Fsp3) is 0.500. The minimum atomic E-state index is -0.334. The van der Waals surface area contributed by atoms with E-state index in [1.165, 1.54) is 6.92 Å². The van der Waals surface area contributed by atoms with E-state index in [-0.39, 0.29) is 17.8 Å². The summed E-state index contributed by atoms with van der Waals surface area (Å²) in [5, 5.41) is 0.518. The van der Waals surface area contributed by atoms with Gasteiger partial charge in [-0.15, -0.1) is 0 Å². The van der Waals surface area contributed by atoms with Gasteiger partial charge in [0, 0.05) is 39.5 Å². The molecule has 2 heterocycles. The average molecular weight is 515 g/mol. The third-order valence-electron chi connectivity index (χ3n) is 6.32. The molecule has 2 aliphatic heterocycles. The average Bonchev–Trinajstić information content (AvgIpc) is 3.13. The third kappa shape index (κ3) is 6.92. The maximum atomic E-state index is 13.6. The molecule has 1 amide bonds. The summed E-state index contributed by atoms with van der Waals surface area (Å²) in [5.74, 6) is 1.90. The van der Waals surface area contributed by atoms with E-state index in [0.717, 1.165) is 30.5 Å². The first-order valence-electron chi connectivity index (χ1n) is 12.6. The summed E-state index contributed by atoms with van der Waals surface area (Å²) >= 11 is 6.51. The molecule has 36 heavy (non-hydrogen) atoms. The zero-order chi connectivity index (χ0) is 25.7. The highest BCUT2D eigenvalue weighted by Gasteiger charge is 2.32. The Kier molecular flexibility index (Phi) is 8.75. The van der Waals surface area contributed by atoms with Gasteiger partial charge in [-0.05, 0) is 54.3 Å². The number of esters is 1. The molecule has 0 N–H and O–H groups in total. The van der Waals surface area contributed by atoms with Crippen LogP contribution < -0.4 is 14.2 Å². The number of carbonyl (C=O) groups excluding carboxylic acids is 2. The predicted molar refractivity (Wildman–Crippen MR) is 138 cm³/mol. The number of halogens is 1. The number of rotatable bonds is 8. The quantitative estimate of drug-likeness (QED) is 0.367. The molecule has 0 aromatic heterocycles. The van der Waals surface area contributed by atoms with Crippen LogP contribution in [0, 0.1) is 11.8 Å². The van der Waals surface area contributed by atoms with Crippen LogP contribution in [0.15, 0.2) is 36.4 Å². The van der Waals surface area contributed by atoms with Gasteiger partial charge in [-0.2, -0.15) is 0 Å². The first-order valence-corrected chi connectivity index (χ1v) is 13.0. The molecule has 0 radical (unpaired) electrons. The Morgan fingerprint density at radius 1 is 1.17 bits per heavy atom. The Morgan fingerprint density at radius 2 is 1.97 bits per heavy atom. The van der Waals surface area contributed by atoms with Crippen LogP contribution in [0.2, 0.25) is 5.02 Å². The van der Waals surface area contributed by atoms with Crippen molar-refractivity contribution in [3.05, 3.63) is 52.5 Å². The van der Waals surface area contributed by atoms with E-state index in [1.54, 1.807) is 6.07 Å². The topological polar surface area (TPSA) is 68.3 Å². The highest BCUT2D eigenvalue weighted by atomic mass is 35.5. The van der Waals surface area contributed by atoms with E-state index in [2.05, 4.69) is 18.7 Å². The van der Waals surface area contributed by atoms with Crippen LogP contribution in [0.4, 0.5) is 0 Å². The predicted octanol–water partition coefficient (Wildman–Crippen LogP) is 4.93. The normalized spacial score (nSPS) is 17.6. The molecular weight excluding hydrogens is 480 g/mol. The van der Waals surface area contributed by atoms with Crippen LogP contribution in [0.3, 0.4) is 0 Å². The number of hydrogen-bond acceptors (Lipinski definition) is 6. The van der Waals surface area contributed by atoms with E-state index in [4.69, 9.17) is 25.8 Å². The summed E-state index contributed by atoms with van der Waals surface area (Å²) in [4.78, 5) is 29.1. The van der Waals surface area contributed by atoms with Crippen molar-refractivity contribution in [1.82, 2.24) is 9.80 Å². The monoisotopic (exact) mass is 514 g/mol. The number of hydrogen-bond donors (Lipinski definition) is 0. The molecule has 0 aliphatic carbocycles. The molecular formula is C28H35ClN2O5. The lowest BCUT2D eigenvalue weighted by Crippen LogP contribution is -2.39. The van der Waals surface area contributed by atoms with Crippen molar-refractivity contribution in [2.45, 2.75) is 46.7 Å². The van der Waals surface area contributed by atoms with Crippen molar-refractivity contribution >= 4 is 23.5 Å². The number of nitrogens with zero attached hydrogens (tertiary/aromatic N) is 2. The number of carbonyl (C=O) groups is 2. The minimum absolute atomic E-state index is 0.0590. The van der Waals surface area contributed by atoms with Crippen molar-refractivity contribution in [1.29, 1.82) is 0 Å². The summed E-state index contributed by atoms with van der Waals surface area (Å²) in [6, 6.07) is 11.4. The largest absolute Gasteiger partial charge is 0.489 e. The van der Waals surface area contributed by atoms with E-state index in [9.17, 15) is 9.59 Å². The van der Waals surface area contributed by atoms with Gasteiger partial charge in [0.05, 0.1) is 24.2 Å². The molecule has 0 spiro atoms. The molecule has 0 bridgehead atoms. The summed E-state index contributed by atoms with van der Waals surface area (Å²) in [7, 11) is 0. The van der Waals surface area contributed by atoms with Gasteiger partial charge in [-0.1, -0.05) is 37.6 Å². The number of likely N-dealkylation sites (tertiary alicyclic amines) is 1. The summed E-state index contributed by atoms with van der Waals surface area (Å²) < 4.78 is 16.8. The smallest absolute Gasteiger partial charge is 0.308 e. The van der Waals surface area contributed by atoms with E-state index >= 15 is 0 Å². The highest BCUT2D eigenvalue weighted by molar-refractivity contribution is 6.32. The number of amides is 1. The second-order valence-electron chi connectivity index (χ2n) is 10.0. The van der Waals surface area contributed by atoms with Crippen molar-refractivity contribution < 1.29 is 23.8 Å². The molecule has 2 aliphatic rings. The van der Waals surface area contributed by atoms with Gasteiger partial charge in [0.1, 0.15) is 5.75 Å². The van der Waals surface area contributed by atoms with Crippen molar-refractivity contribution in [2.24, 2.45) is 11.8 Å². The van der Waals surface area contributed by atoms with Gasteiger partial charge in [-0.3, -0.25) is 14.5 Å². The van der Waals surface area contributed by atoms with Gasteiger partial charge in [0.15, 0.2) is 11.5 Å². The third-order valence-corrected chi connectivity index (χ3v) is 6.60. The molecule has 1 atom stereocenters. The second-order valence-corrected chi connectivity index (χ2v) is 10.4. The fourth-order valence-electron chi connectivity index (χ4n) is 4.84. The minimum Gasteiger partial charge on any atom is -0.489 e. The van der Waals surface area contributed by atoms with Gasteiger partial charge in [-0.25, -0.2) is 0 Å². The maximum Gasteiger partial charge on any atom is 0.308 e. The SMILES string of the molecule is CC(=O)Oc1cccc(CN2CC[C@@H](C(=O)N(Cc3cc(Cl)c4c(c3)OCCCO4)CC(C)C)C2)c1. The van der Waals surface area contributed by atoms with E-state index in [0.29, 0.717) is 67.6 Å². The molecule has 8 heteroatoms. The van der Waals surface area contributed by atoms with E-state index < -0.39 is 0 Å². The van der Waals surface area contributed by atoms with Crippen LogP contribution in [-0.2, 0) is 22.7 Å². The number of fused-ring (bicyclic) bond motifs is 1. The van der Waals surface area contributed by atoms with Crippen LogP contribution in [0.1, 0.15) is 44.7 Å². The molecule has 4 rings (SSSR count). The van der Waals surface area contributed by atoms with Crippen LogP contribution >= 0.6 is 11.6 Å². The zero-order valence-corrected chi connectivity index (χ0v) is 22.1. The Bertz CT molecular complexity index is 1090. The fourth-order valence-corrected chi connectivity index (χ4v) is 5.12. The molecule has 194 valence electrons. The lowest BCUT2D eigenvalue weighted by Gasteiger charge is -2.28. The Labute approximate surface area is 218 Å². The first kappa shape index (κ1) is 26.3. The Morgan fingerprint density at radius 3 is 2.75 bits per heavy atom. The summed E-state index contributed by atoms with van der Waals surface area (Å²) in [6.45, 7) is 10.2. The van der Waals surface area contributed by atoms with Gasteiger partial charge >= 0.3 is 5.97 Å². The van der Waals surface area contributed by atoms with E-state index in [1.807, 2.05) is 35.2 Å². The molecule has 1 saturated heterocycles. The van der Waals surface area contributed by atoms with Gasteiger partial charge in [0.25, 0.3) is 0 Å². The molecule has 2 aromatic carbocycles. The molecule has 7 nitrogen and oxygen atoms in total. The molecule has 2 aromatic rings. The van der Waals surface area contributed by atoms with Crippen molar-refractivity contribution in [3.8, 4) is 17.2 Å². The van der Waals surface area contributed by atoms with Crippen molar-refractivity contribution in [2.75, 3.05) is 32.8 Å². The summed E-state index contributed by atoms with van der Waals surface area (Å²) in [5.41, 5.74) is 2.00. The standard InChI is InChI=1S/C28H35ClN2O5/c1-19(2)15-31(17-22-13-25(29)27-26(14-22)34-10-5-11-35-27)28(33)23-8-9-30(18-23)16-21-6-4-7-24(12-21)36-20(3)32/h4,6-7,12-14,19,23H,5,8-11,15-18H2,1-3H3/t23-/m1/s1. The van der Waals surface area contributed by atoms with Gasteiger partial charge < -0.3 is 19.1 Å². The maximum absolute atomic E-state index is 13.6. The molecule has 0 unspecified atom stereocenters. The van der Waals surface area contributed by atoms with Gasteiger partial charge in [0.2, 0.25) is 5.91 Å². The Hall–Kier alpha value is -2.77. The lowest BCUT2D eigenvalue weighted by molar-refractivity contribution is -0.136. The van der Waals surface area contributed by atoms with Crippen molar-refractivity contribution in [3.63, 3.8) is 0 Å². The zero-order valence-electron chi connectivity index (χ0n) is 21.3. The number of ether oxygens (including phenoxy) is 3. The molecule has 0 saturated carbocycles.